The van der Waals surface area contributed by atoms with Gasteiger partial charge >= 0.3 is 0 Å². The van der Waals surface area contributed by atoms with E-state index in [1.165, 1.54) is 12.1 Å². The van der Waals surface area contributed by atoms with Crippen LogP contribution in [-0.4, -0.2) is 10.8 Å². The van der Waals surface area contributed by atoms with Crippen LogP contribution in [0.3, 0.4) is 0 Å². The average molecular weight is 374 g/mol. The first-order valence-electron chi connectivity index (χ1n) is 8.49. The molecule has 0 aromatic heterocycles. The van der Waals surface area contributed by atoms with E-state index in [9.17, 15) is 14.9 Å². The standard InChI is InChI=1S/C19H20ClN3O3/c20-16-7-5-15(6-8-16)19(9-1-2-10-19)22-12-14-4-3-13(18(21)24)11-17(14)23(25)26/h3-8,11,22H,1-2,9-10,12H2,(H2,21,24). The number of primary amides is 1. The minimum atomic E-state index is -0.680. The van der Waals surface area contributed by atoms with E-state index in [0.717, 1.165) is 31.2 Å². The van der Waals surface area contributed by atoms with Gasteiger partial charge in [0.2, 0.25) is 5.91 Å². The minimum Gasteiger partial charge on any atom is -0.366 e. The molecule has 1 aliphatic rings. The van der Waals surface area contributed by atoms with Gasteiger partial charge in [0.05, 0.1) is 4.92 Å². The second kappa shape index (κ2) is 7.43. The van der Waals surface area contributed by atoms with E-state index < -0.39 is 10.8 Å². The van der Waals surface area contributed by atoms with Crippen molar-refractivity contribution in [1.82, 2.24) is 5.32 Å². The Morgan fingerprint density at radius 3 is 2.42 bits per heavy atom. The van der Waals surface area contributed by atoms with Crippen molar-refractivity contribution in [2.45, 2.75) is 37.8 Å². The Morgan fingerprint density at radius 1 is 1.19 bits per heavy atom. The van der Waals surface area contributed by atoms with Crippen LogP contribution < -0.4 is 11.1 Å². The maximum Gasteiger partial charge on any atom is 0.274 e. The zero-order valence-electron chi connectivity index (χ0n) is 14.2. The molecule has 1 fully saturated rings. The zero-order chi connectivity index (χ0) is 18.7. The van der Waals surface area contributed by atoms with Crippen molar-refractivity contribution in [3.8, 4) is 0 Å². The number of nitro benzene ring substituents is 1. The van der Waals surface area contributed by atoms with Gasteiger partial charge in [-0.2, -0.15) is 0 Å². The maximum atomic E-state index is 11.4. The van der Waals surface area contributed by atoms with Gasteiger partial charge in [-0.3, -0.25) is 14.9 Å². The lowest BCUT2D eigenvalue weighted by atomic mass is 9.88. The SMILES string of the molecule is NC(=O)c1ccc(CNC2(c3ccc(Cl)cc3)CCCC2)c([N+](=O)[O-])c1. The number of halogens is 1. The number of amides is 1. The summed E-state index contributed by atoms with van der Waals surface area (Å²) in [5.74, 6) is -0.680. The third-order valence-electron chi connectivity index (χ3n) is 5.04. The molecule has 0 aliphatic heterocycles. The van der Waals surface area contributed by atoms with Crippen LogP contribution in [-0.2, 0) is 12.1 Å². The van der Waals surface area contributed by atoms with E-state index >= 15 is 0 Å². The normalized spacial score (nSPS) is 15.7. The molecule has 2 aromatic carbocycles. The molecule has 1 saturated carbocycles. The van der Waals surface area contributed by atoms with Gasteiger partial charge in [-0.05, 0) is 36.6 Å². The van der Waals surface area contributed by atoms with Gasteiger partial charge in [-0.15, -0.1) is 0 Å². The molecular weight excluding hydrogens is 354 g/mol. The Balaban J connectivity index is 1.87. The molecule has 0 heterocycles. The number of nitrogens with one attached hydrogen (secondary N) is 1. The molecule has 0 radical (unpaired) electrons. The summed E-state index contributed by atoms with van der Waals surface area (Å²) in [6.45, 7) is 0.331. The zero-order valence-corrected chi connectivity index (χ0v) is 15.0. The van der Waals surface area contributed by atoms with Crippen LogP contribution in [0.2, 0.25) is 5.02 Å². The molecule has 0 bridgehead atoms. The molecule has 2 aromatic rings. The quantitative estimate of drug-likeness (QED) is 0.592. The van der Waals surface area contributed by atoms with E-state index in [2.05, 4.69) is 5.32 Å². The molecule has 1 aliphatic carbocycles. The smallest absolute Gasteiger partial charge is 0.274 e. The van der Waals surface area contributed by atoms with Gasteiger partial charge in [-0.25, -0.2) is 0 Å². The summed E-state index contributed by atoms with van der Waals surface area (Å²) in [6, 6.07) is 12.1. The van der Waals surface area contributed by atoms with E-state index in [4.69, 9.17) is 17.3 Å². The van der Waals surface area contributed by atoms with E-state index in [1.807, 2.05) is 24.3 Å². The van der Waals surface area contributed by atoms with Gasteiger partial charge in [0.25, 0.3) is 5.69 Å². The highest BCUT2D eigenvalue weighted by Crippen LogP contribution is 2.39. The van der Waals surface area contributed by atoms with E-state index in [1.54, 1.807) is 6.07 Å². The Hall–Kier alpha value is -2.44. The average Bonchev–Trinajstić information content (AvgIpc) is 3.10. The van der Waals surface area contributed by atoms with Crippen molar-refractivity contribution in [3.05, 3.63) is 74.3 Å². The number of nitrogens with zero attached hydrogens (tertiary/aromatic N) is 1. The second-order valence-corrected chi connectivity index (χ2v) is 7.05. The third kappa shape index (κ3) is 3.71. The van der Waals surface area contributed by atoms with E-state index in [0.29, 0.717) is 17.1 Å². The highest BCUT2D eigenvalue weighted by molar-refractivity contribution is 6.30. The Labute approximate surface area is 156 Å². The van der Waals surface area contributed by atoms with Gasteiger partial charge in [0.15, 0.2) is 0 Å². The first kappa shape index (κ1) is 18.4. The first-order chi connectivity index (χ1) is 12.4. The fourth-order valence-corrected chi connectivity index (χ4v) is 3.74. The second-order valence-electron chi connectivity index (χ2n) is 6.61. The number of rotatable bonds is 6. The van der Waals surface area contributed by atoms with Crippen molar-refractivity contribution in [2.75, 3.05) is 0 Å². The van der Waals surface area contributed by atoms with Crippen LogP contribution in [0.5, 0.6) is 0 Å². The molecule has 3 rings (SSSR count). The van der Waals surface area contributed by atoms with Gasteiger partial charge in [-0.1, -0.05) is 42.6 Å². The maximum absolute atomic E-state index is 11.4. The summed E-state index contributed by atoms with van der Waals surface area (Å²) < 4.78 is 0. The van der Waals surface area contributed by atoms with Crippen LogP contribution >= 0.6 is 11.6 Å². The van der Waals surface area contributed by atoms with Crippen LogP contribution in [0.15, 0.2) is 42.5 Å². The van der Waals surface area contributed by atoms with Crippen molar-refractivity contribution in [1.29, 1.82) is 0 Å². The van der Waals surface area contributed by atoms with Crippen molar-refractivity contribution in [3.63, 3.8) is 0 Å². The summed E-state index contributed by atoms with van der Waals surface area (Å²) in [7, 11) is 0. The summed E-state index contributed by atoms with van der Waals surface area (Å²) >= 11 is 6.00. The number of carbonyl (C=O) groups excluding carboxylic acids is 1. The minimum absolute atomic E-state index is 0.0990. The first-order valence-corrected chi connectivity index (χ1v) is 8.87. The molecule has 0 atom stereocenters. The van der Waals surface area contributed by atoms with E-state index in [-0.39, 0.29) is 16.8 Å². The molecule has 6 nitrogen and oxygen atoms in total. The Kier molecular flexibility index (Phi) is 5.25. The largest absolute Gasteiger partial charge is 0.366 e. The Morgan fingerprint density at radius 2 is 1.85 bits per heavy atom. The van der Waals surface area contributed by atoms with Gasteiger partial charge in [0, 0.05) is 34.3 Å². The lowest BCUT2D eigenvalue weighted by molar-refractivity contribution is -0.385. The summed E-state index contributed by atoms with van der Waals surface area (Å²) in [6.07, 6.45) is 4.11. The van der Waals surface area contributed by atoms with Crippen molar-refractivity contribution >= 4 is 23.2 Å². The summed E-state index contributed by atoms with van der Waals surface area (Å²) in [5.41, 5.74) is 6.70. The van der Waals surface area contributed by atoms with Gasteiger partial charge < -0.3 is 11.1 Å². The number of benzene rings is 2. The molecule has 7 heteroatoms. The molecule has 0 saturated heterocycles. The lowest BCUT2D eigenvalue weighted by Gasteiger charge is -2.31. The summed E-state index contributed by atoms with van der Waals surface area (Å²) in [4.78, 5) is 22.2. The van der Waals surface area contributed by atoms with Crippen molar-refractivity contribution in [2.24, 2.45) is 5.73 Å². The van der Waals surface area contributed by atoms with Crippen molar-refractivity contribution < 1.29 is 9.72 Å². The van der Waals surface area contributed by atoms with Gasteiger partial charge in [0.1, 0.15) is 0 Å². The number of hydrogen-bond donors (Lipinski definition) is 2. The number of nitrogens with two attached hydrogens (primary N) is 1. The molecule has 1 amide bonds. The number of nitro groups is 1. The molecular formula is C19H20ClN3O3. The predicted molar refractivity (Wildman–Crippen MR) is 100 cm³/mol. The lowest BCUT2D eigenvalue weighted by Crippen LogP contribution is -2.39. The molecule has 0 unspecified atom stereocenters. The fraction of sp³-hybridized carbons (Fsp3) is 0.316. The Bertz CT molecular complexity index is 830. The predicted octanol–water partition coefficient (Wildman–Crippen LogP) is 3.91. The monoisotopic (exact) mass is 373 g/mol. The highest BCUT2D eigenvalue weighted by atomic mass is 35.5. The van der Waals surface area contributed by atoms with Crippen LogP contribution in [0.1, 0.15) is 47.2 Å². The fourth-order valence-electron chi connectivity index (χ4n) is 3.62. The number of hydrogen-bond acceptors (Lipinski definition) is 4. The van der Waals surface area contributed by atoms with Crippen LogP contribution in [0, 0.1) is 10.1 Å². The summed E-state index contributed by atoms with van der Waals surface area (Å²) in [5, 5.41) is 15.6. The topological polar surface area (TPSA) is 98.3 Å². The third-order valence-corrected chi connectivity index (χ3v) is 5.29. The molecule has 3 N–H and O–H groups in total. The number of carbonyl (C=O) groups is 1. The molecule has 26 heavy (non-hydrogen) atoms. The highest BCUT2D eigenvalue weighted by Gasteiger charge is 2.35. The molecule has 0 spiro atoms. The molecule has 136 valence electrons. The van der Waals surface area contributed by atoms with Crippen LogP contribution in [0.25, 0.3) is 0 Å². The van der Waals surface area contributed by atoms with Crippen LogP contribution in [0.4, 0.5) is 5.69 Å².